The molecule has 0 N–H and O–H groups in total. The number of rotatable bonds is 1. The van der Waals surface area contributed by atoms with Crippen molar-refractivity contribution >= 4 is 0 Å². The summed E-state index contributed by atoms with van der Waals surface area (Å²) in [6.07, 6.45) is 8.30. The van der Waals surface area contributed by atoms with Crippen LogP contribution in [0.4, 0.5) is 0 Å². The molecule has 13 heavy (non-hydrogen) atoms. The van der Waals surface area contributed by atoms with Gasteiger partial charge in [0.05, 0.1) is 0 Å². The van der Waals surface area contributed by atoms with Crippen LogP contribution < -0.4 is 0 Å². The molecule has 1 unspecified atom stereocenters. The maximum absolute atomic E-state index is 2.46. The molecule has 0 fully saturated rings. The molecule has 0 bridgehead atoms. The normalized spacial score (nSPS) is 23.5. The summed E-state index contributed by atoms with van der Waals surface area (Å²) in [7, 11) is 0. The molecular weight excluding hydrogens is 156 g/mol. The van der Waals surface area contributed by atoms with E-state index in [1.807, 2.05) is 0 Å². The SMILES string of the molecule is CC(C)C1C=C(C(C)(C)C)C=CC1. The van der Waals surface area contributed by atoms with Crippen molar-refractivity contribution in [2.24, 2.45) is 17.3 Å². The minimum atomic E-state index is 0.310. The maximum atomic E-state index is 2.46. The fourth-order valence-corrected chi connectivity index (χ4v) is 1.67. The molecule has 1 atom stereocenters. The minimum absolute atomic E-state index is 0.310. The standard InChI is InChI=1S/C13H22/c1-10(2)11-7-6-8-12(9-11)13(3,4)5/h6,8-11H,7H2,1-5H3. The van der Waals surface area contributed by atoms with E-state index < -0.39 is 0 Å². The molecular formula is C13H22. The summed E-state index contributed by atoms with van der Waals surface area (Å²) in [5.74, 6) is 1.52. The molecule has 1 aliphatic rings. The number of hydrogen-bond acceptors (Lipinski definition) is 0. The van der Waals surface area contributed by atoms with Crippen LogP contribution in [-0.2, 0) is 0 Å². The van der Waals surface area contributed by atoms with Crippen molar-refractivity contribution in [3.63, 3.8) is 0 Å². The van der Waals surface area contributed by atoms with Gasteiger partial charge < -0.3 is 0 Å². The van der Waals surface area contributed by atoms with Gasteiger partial charge in [0, 0.05) is 0 Å². The van der Waals surface area contributed by atoms with Gasteiger partial charge in [0.1, 0.15) is 0 Å². The first-order valence-corrected chi connectivity index (χ1v) is 5.30. The topological polar surface area (TPSA) is 0 Å². The second kappa shape index (κ2) is 3.69. The van der Waals surface area contributed by atoms with E-state index in [0.717, 1.165) is 11.8 Å². The Bertz CT molecular complexity index is 223. The molecule has 0 spiro atoms. The molecule has 0 radical (unpaired) electrons. The summed E-state index contributed by atoms with van der Waals surface area (Å²) in [6, 6.07) is 0. The summed E-state index contributed by atoms with van der Waals surface area (Å²) in [5.41, 5.74) is 1.81. The molecule has 0 aromatic rings. The lowest BCUT2D eigenvalue weighted by Gasteiger charge is -2.27. The molecule has 0 aromatic carbocycles. The fourth-order valence-electron chi connectivity index (χ4n) is 1.67. The summed E-state index contributed by atoms with van der Waals surface area (Å²) in [6.45, 7) is 11.5. The number of hydrogen-bond donors (Lipinski definition) is 0. The predicted molar refractivity (Wildman–Crippen MR) is 59.6 cm³/mol. The summed E-state index contributed by atoms with van der Waals surface area (Å²) in [4.78, 5) is 0. The fraction of sp³-hybridized carbons (Fsp3) is 0.692. The van der Waals surface area contributed by atoms with Gasteiger partial charge in [-0.3, -0.25) is 0 Å². The van der Waals surface area contributed by atoms with E-state index >= 15 is 0 Å². The predicted octanol–water partition coefficient (Wildman–Crippen LogP) is 4.19. The number of allylic oxidation sites excluding steroid dienone is 4. The average Bonchev–Trinajstić information content (AvgIpc) is 2.03. The van der Waals surface area contributed by atoms with E-state index in [1.165, 1.54) is 12.0 Å². The van der Waals surface area contributed by atoms with E-state index in [4.69, 9.17) is 0 Å². The Morgan fingerprint density at radius 3 is 2.38 bits per heavy atom. The molecule has 1 rings (SSSR count). The smallest absolute Gasteiger partial charge is 0.0135 e. The third-order valence-corrected chi connectivity index (χ3v) is 2.82. The quantitative estimate of drug-likeness (QED) is 0.564. The molecule has 0 heteroatoms. The Kier molecular flexibility index (Phi) is 3.00. The van der Waals surface area contributed by atoms with Crippen LogP contribution in [0.3, 0.4) is 0 Å². The van der Waals surface area contributed by atoms with Crippen LogP contribution in [0.2, 0.25) is 0 Å². The van der Waals surface area contributed by atoms with E-state index in [1.54, 1.807) is 0 Å². The van der Waals surface area contributed by atoms with Crippen LogP contribution in [0.15, 0.2) is 23.8 Å². The lowest BCUT2D eigenvalue weighted by molar-refractivity contribution is 0.442. The van der Waals surface area contributed by atoms with Crippen molar-refractivity contribution in [3.05, 3.63) is 23.8 Å². The zero-order valence-corrected chi connectivity index (χ0v) is 9.59. The Morgan fingerprint density at radius 2 is 1.92 bits per heavy atom. The van der Waals surface area contributed by atoms with Crippen LogP contribution in [0.5, 0.6) is 0 Å². The van der Waals surface area contributed by atoms with Crippen molar-refractivity contribution in [1.82, 2.24) is 0 Å². The first kappa shape index (κ1) is 10.6. The van der Waals surface area contributed by atoms with E-state index in [9.17, 15) is 0 Å². The van der Waals surface area contributed by atoms with Gasteiger partial charge in [-0.25, -0.2) is 0 Å². The average molecular weight is 178 g/mol. The molecule has 0 saturated heterocycles. The van der Waals surface area contributed by atoms with Crippen LogP contribution in [0.1, 0.15) is 41.0 Å². The van der Waals surface area contributed by atoms with Crippen LogP contribution in [-0.4, -0.2) is 0 Å². The van der Waals surface area contributed by atoms with Gasteiger partial charge in [-0.2, -0.15) is 0 Å². The molecule has 0 nitrogen and oxygen atoms in total. The van der Waals surface area contributed by atoms with Gasteiger partial charge in [0.2, 0.25) is 0 Å². The van der Waals surface area contributed by atoms with Crippen molar-refractivity contribution < 1.29 is 0 Å². The Labute approximate surface area is 82.7 Å². The summed E-state index contributed by atoms with van der Waals surface area (Å²) < 4.78 is 0. The van der Waals surface area contributed by atoms with Gasteiger partial charge in [0.15, 0.2) is 0 Å². The van der Waals surface area contributed by atoms with Crippen molar-refractivity contribution in [2.45, 2.75) is 41.0 Å². The molecule has 0 aromatic heterocycles. The Hall–Kier alpha value is -0.520. The molecule has 0 heterocycles. The Morgan fingerprint density at radius 1 is 1.31 bits per heavy atom. The summed E-state index contributed by atoms with van der Waals surface area (Å²) >= 11 is 0. The molecule has 74 valence electrons. The Balaban J connectivity index is 2.81. The molecule has 0 amide bonds. The lowest BCUT2D eigenvalue weighted by Crippen LogP contribution is -2.15. The van der Waals surface area contributed by atoms with Crippen LogP contribution >= 0.6 is 0 Å². The van der Waals surface area contributed by atoms with E-state index in [2.05, 4.69) is 52.8 Å². The van der Waals surface area contributed by atoms with Gasteiger partial charge in [-0.15, -0.1) is 0 Å². The zero-order valence-electron chi connectivity index (χ0n) is 9.59. The van der Waals surface area contributed by atoms with E-state index in [-0.39, 0.29) is 0 Å². The summed E-state index contributed by atoms with van der Waals surface area (Å²) in [5, 5.41) is 0. The highest BCUT2D eigenvalue weighted by atomic mass is 14.2. The van der Waals surface area contributed by atoms with Crippen LogP contribution in [0.25, 0.3) is 0 Å². The highest BCUT2D eigenvalue weighted by Crippen LogP contribution is 2.33. The highest BCUT2D eigenvalue weighted by Gasteiger charge is 2.20. The van der Waals surface area contributed by atoms with Gasteiger partial charge in [-0.1, -0.05) is 52.8 Å². The van der Waals surface area contributed by atoms with Crippen molar-refractivity contribution in [3.8, 4) is 0 Å². The van der Waals surface area contributed by atoms with Crippen molar-refractivity contribution in [2.75, 3.05) is 0 Å². The van der Waals surface area contributed by atoms with Crippen molar-refractivity contribution in [1.29, 1.82) is 0 Å². The monoisotopic (exact) mass is 178 g/mol. The van der Waals surface area contributed by atoms with Gasteiger partial charge in [-0.05, 0) is 29.2 Å². The minimum Gasteiger partial charge on any atom is -0.0837 e. The zero-order chi connectivity index (χ0) is 10.1. The first-order valence-electron chi connectivity index (χ1n) is 5.30. The van der Waals surface area contributed by atoms with E-state index in [0.29, 0.717) is 5.41 Å². The molecule has 1 aliphatic carbocycles. The maximum Gasteiger partial charge on any atom is -0.0135 e. The second-order valence-electron chi connectivity index (χ2n) is 5.42. The van der Waals surface area contributed by atoms with Gasteiger partial charge >= 0.3 is 0 Å². The van der Waals surface area contributed by atoms with Gasteiger partial charge in [0.25, 0.3) is 0 Å². The third kappa shape index (κ3) is 2.72. The molecule has 0 aliphatic heterocycles. The lowest BCUT2D eigenvalue weighted by atomic mass is 9.78. The highest BCUT2D eigenvalue weighted by molar-refractivity contribution is 5.29. The van der Waals surface area contributed by atoms with Crippen LogP contribution in [0, 0.1) is 17.3 Å². The third-order valence-electron chi connectivity index (χ3n) is 2.82. The first-order chi connectivity index (χ1) is 5.91. The second-order valence-corrected chi connectivity index (χ2v) is 5.42. The molecule has 0 saturated carbocycles. The largest absolute Gasteiger partial charge is 0.0837 e.